The lowest BCUT2D eigenvalue weighted by atomic mass is 9.98. The van der Waals surface area contributed by atoms with Gasteiger partial charge in [-0.3, -0.25) is 24.7 Å². The Morgan fingerprint density at radius 2 is 1.67 bits per heavy atom. The molecule has 8 nitrogen and oxygen atoms in total. The zero-order valence-corrected chi connectivity index (χ0v) is 23.7. The van der Waals surface area contributed by atoms with Gasteiger partial charge in [0, 0.05) is 40.2 Å². The molecule has 1 aliphatic rings. The van der Waals surface area contributed by atoms with Gasteiger partial charge >= 0.3 is 0 Å². The normalized spacial score (nSPS) is 14.2. The van der Waals surface area contributed by atoms with Crippen molar-refractivity contribution < 1.29 is 14.5 Å². The van der Waals surface area contributed by atoms with Crippen LogP contribution in [-0.2, 0) is 22.4 Å². The van der Waals surface area contributed by atoms with Crippen LogP contribution in [0.5, 0.6) is 0 Å². The molecule has 2 heterocycles. The van der Waals surface area contributed by atoms with Gasteiger partial charge in [0.1, 0.15) is 6.04 Å². The number of non-ortho nitro benzene ring substituents is 1. The number of hydrogen-bond acceptors (Lipinski definition) is 6. The number of benzene rings is 4. The lowest BCUT2D eigenvalue weighted by molar-refractivity contribution is -0.384. The maximum Gasteiger partial charge on any atom is 0.271 e. The van der Waals surface area contributed by atoms with Gasteiger partial charge < -0.3 is 10.6 Å². The van der Waals surface area contributed by atoms with E-state index in [1.54, 1.807) is 18.2 Å². The number of carbonyl (C=O) groups is 2. The second kappa shape index (κ2) is 12.2. The summed E-state index contributed by atoms with van der Waals surface area (Å²) < 4.78 is 0. The van der Waals surface area contributed by atoms with E-state index in [9.17, 15) is 19.7 Å². The summed E-state index contributed by atoms with van der Waals surface area (Å²) in [5.74, 6) is -0.466. The maximum atomic E-state index is 13.5. The zero-order chi connectivity index (χ0) is 29.8. The first-order valence-electron chi connectivity index (χ1n) is 13.7. The number of fused-ring (bicyclic) bond motifs is 1. The zero-order valence-electron chi connectivity index (χ0n) is 22.9. The molecule has 1 atom stereocenters. The van der Waals surface area contributed by atoms with Crippen molar-refractivity contribution in [1.29, 1.82) is 0 Å². The number of thiophene rings is 1. The SMILES string of the molecule is O=C(Cc1cccs1)Nc1ccc(C2=NC(Cc3cccc(-c4ccccc4)c3)C(=O)Nc3cc([N+](=O)[O-])ccc32)cc1. The lowest BCUT2D eigenvalue weighted by Gasteiger charge is -2.13. The molecule has 1 unspecified atom stereocenters. The number of anilines is 2. The molecule has 5 aromatic rings. The first kappa shape index (κ1) is 27.7. The molecule has 212 valence electrons. The molecule has 0 radical (unpaired) electrons. The number of nitrogens with one attached hydrogen (secondary N) is 2. The molecule has 0 saturated heterocycles. The van der Waals surface area contributed by atoms with Gasteiger partial charge in [-0.05, 0) is 46.3 Å². The molecule has 2 amide bonds. The van der Waals surface area contributed by atoms with Crippen LogP contribution in [0.2, 0.25) is 0 Å². The fraction of sp³-hybridized carbons (Fsp3) is 0.0882. The van der Waals surface area contributed by atoms with Gasteiger partial charge in [-0.2, -0.15) is 0 Å². The van der Waals surface area contributed by atoms with E-state index in [0.29, 0.717) is 41.1 Å². The first-order valence-corrected chi connectivity index (χ1v) is 14.6. The van der Waals surface area contributed by atoms with Crippen molar-refractivity contribution in [3.63, 3.8) is 0 Å². The molecule has 43 heavy (non-hydrogen) atoms. The maximum absolute atomic E-state index is 13.5. The fourth-order valence-corrected chi connectivity index (χ4v) is 5.75. The van der Waals surface area contributed by atoms with E-state index in [0.717, 1.165) is 21.6 Å². The van der Waals surface area contributed by atoms with Crippen LogP contribution in [-0.4, -0.2) is 28.5 Å². The quantitative estimate of drug-likeness (QED) is 0.152. The van der Waals surface area contributed by atoms with Gasteiger partial charge in [-0.25, -0.2) is 0 Å². The second-order valence-electron chi connectivity index (χ2n) is 10.1. The number of hydrogen-bond donors (Lipinski definition) is 2. The van der Waals surface area contributed by atoms with Crippen molar-refractivity contribution in [1.82, 2.24) is 0 Å². The number of nitro groups is 1. The molecule has 0 fully saturated rings. The Bertz CT molecular complexity index is 1830. The number of amides is 2. The molecular formula is C34H26N4O4S. The Morgan fingerprint density at radius 1 is 0.884 bits per heavy atom. The molecule has 1 aliphatic heterocycles. The third-order valence-electron chi connectivity index (χ3n) is 7.13. The minimum absolute atomic E-state index is 0.118. The molecule has 4 aromatic carbocycles. The van der Waals surface area contributed by atoms with Gasteiger partial charge in [0.15, 0.2) is 0 Å². The van der Waals surface area contributed by atoms with Crippen LogP contribution in [0.15, 0.2) is 120 Å². The van der Waals surface area contributed by atoms with Gasteiger partial charge in [-0.15, -0.1) is 11.3 Å². The number of nitrogens with zero attached hydrogens (tertiary/aromatic N) is 2. The van der Waals surface area contributed by atoms with E-state index in [4.69, 9.17) is 4.99 Å². The van der Waals surface area contributed by atoms with Crippen LogP contribution in [0.4, 0.5) is 17.1 Å². The monoisotopic (exact) mass is 586 g/mol. The van der Waals surface area contributed by atoms with E-state index < -0.39 is 11.0 Å². The molecule has 9 heteroatoms. The topological polar surface area (TPSA) is 114 Å². The van der Waals surface area contributed by atoms with E-state index in [2.05, 4.69) is 10.6 Å². The van der Waals surface area contributed by atoms with E-state index in [1.807, 2.05) is 84.2 Å². The Hall–Kier alpha value is -5.41. The molecule has 0 spiro atoms. The molecular weight excluding hydrogens is 560 g/mol. The highest BCUT2D eigenvalue weighted by atomic mass is 32.1. The molecule has 0 saturated carbocycles. The van der Waals surface area contributed by atoms with Gasteiger partial charge in [0.05, 0.1) is 22.7 Å². The summed E-state index contributed by atoms with van der Waals surface area (Å²) in [4.78, 5) is 42.9. The van der Waals surface area contributed by atoms with Crippen molar-refractivity contribution in [3.05, 3.63) is 146 Å². The molecule has 0 bridgehead atoms. The van der Waals surface area contributed by atoms with Gasteiger partial charge in [-0.1, -0.05) is 72.8 Å². The third kappa shape index (κ3) is 6.42. The van der Waals surface area contributed by atoms with Crippen molar-refractivity contribution in [2.45, 2.75) is 18.9 Å². The Morgan fingerprint density at radius 3 is 2.42 bits per heavy atom. The van der Waals surface area contributed by atoms with Crippen LogP contribution in [0.25, 0.3) is 11.1 Å². The van der Waals surface area contributed by atoms with Crippen molar-refractivity contribution in [2.24, 2.45) is 4.99 Å². The third-order valence-corrected chi connectivity index (χ3v) is 8.01. The molecule has 2 N–H and O–H groups in total. The Kier molecular flexibility index (Phi) is 7.88. The standard InChI is InChI=1S/C34H26N4O4S/c39-32(21-28-10-5-17-43-28)35-26-13-11-24(12-14-26)33-29-16-15-27(38(41)42)20-30(29)37-34(40)31(36-33)19-22-6-4-9-25(18-22)23-7-2-1-3-8-23/h1-18,20,31H,19,21H2,(H,35,39)(H,37,40). The first-order chi connectivity index (χ1) is 20.9. The fourth-order valence-electron chi connectivity index (χ4n) is 5.04. The minimum atomic E-state index is -0.780. The summed E-state index contributed by atoms with van der Waals surface area (Å²) >= 11 is 1.53. The summed E-state index contributed by atoms with van der Waals surface area (Å²) in [6, 6.07) is 32.6. The highest BCUT2D eigenvalue weighted by Crippen LogP contribution is 2.30. The largest absolute Gasteiger partial charge is 0.326 e. The summed E-state index contributed by atoms with van der Waals surface area (Å²) in [5.41, 5.74) is 5.69. The Labute approximate surface area is 251 Å². The van der Waals surface area contributed by atoms with Gasteiger partial charge in [0.2, 0.25) is 11.8 Å². The smallest absolute Gasteiger partial charge is 0.271 e. The number of benzodiazepines with no additional fused rings is 1. The number of carbonyl (C=O) groups excluding carboxylic acids is 2. The minimum Gasteiger partial charge on any atom is -0.326 e. The van der Waals surface area contributed by atoms with Crippen LogP contribution >= 0.6 is 11.3 Å². The predicted molar refractivity (Wildman–Crippen MR) is 170 cm³/mol. The number of aliphatic imine (C=N–C) groups is 1. The van der Waals surface area contributed by atoms with Gasteiger partial charge in [0.25, 0.3) is 5.69 Å². The predicted octanol–water partition coefficient (Wildman–Crippen LogP) is 6.91. The average molecular weight is 587 g/mol. The van der Waals surface area contributed by atoms with Crippen LogP contribution in [0.1, 0.15) is 21.6 Å². The highest BCUT2D eigenvalue weighted by molar-refractivity contribution is 7.10. The summed E-state index contributed by atoms with van der Waals surface area (Å²) in [6.45, 7) is 0. The average Bonchev–Trinajstić information content (AvgIpc) is 3.48. The van der Waals surface area contributed by atoms with E-state index >= 15 is 0 Å². The molecule has 1 aromatic heterocycles. The number of rotatable bonds is 8. The van der Waals surface area contributed by atoms with Crippen molar-refractivity contribution >= 4 is 45.9 Å². The lowest BCUT2D eigenvalue weighted by Crippen LogP contribution is -2.27. The molecule has 0 aliphatic carbocycles. The number of nitro benzene ring substituents is 1. The van der Waals surface area contributed by atoms with Crippen molar-refractivity contribution in [2.75, 3.05) is 10.6 Å². The summed E-state index contributed by atoms with van der Waals surface area (Å²) in [7, 11) is 0. The van der Waals surface area contributed by atoms with E-state index in [-0.39, 0.29) is 17.5 Å². The van der Waals surface area contributed by atoms with Crippen LogP contribution < -0.4 is 10.6 Å². The van der Waals surface area contributed by atoms with Crippen molar-refractivity contribution in [3.8, 4) is 11.1 Å². The Balaban J connectivity index is 1.32. The molecule has 6 rings (SSSR count). The van der Waals surface area contributed by atoms with Crippen LogP contribution in [0.3, 0.4) is 0 Å². The summed E-state index contributed by atoms with van der Waals surface area (Å²) in [6.07, 6.45) is 0.627. The highest BCUT2D eigenvalue weighted by Gasteiger charge is 2.27. The second-order valence-corrected chi connectivity index (χ2v) is 11.2. The van der Waals surface area contributed by atoms with E-state index in [1.165, 1.54) is 23.5 Å². The summed E-state index contributed by atoms with van der Waals surface area (Å²) in [5, 5.41) is 19.2. The van der Waals surface area contributed by atoms with Crippen LogP contribution in [0, 0.1) is 10.1 Å².